The van der Waals surface area contributed by atoms with Gasteiger partial charge in [-0.15, -0.1) is 11.6 Å². The molecule has 0 spiro atoms. The zero-order valence-corrected chi connectivity index (χ0v) is 36.7. The Bertz CT molecular complexity index is 2550. The fourth-order valence-electron chi connectivity index (χ4n) is 7.79. The van der Waals surface area contributed by atoms with Crippen molar-refractivity contribution in [3.63, 3.8) is 0 Å². The lowest BCUT2D eigenvalue weighted by Crippen LogP contribution is -2.75. The van der Waals surface area contributed by atoms with Crippen LogP contribution in [0.4, 0.5) is 105 Å². The van der Waals surface area contributed by atoms with Gasteiger partial charge in [-0.3, -0.25) is 4.79 Å². The van der Waals surface area contributed by atoms with Crippen molar-refractivity contribution in [2.75, 3.05) is 5.88 Å². The number of benzene rings is 5. The molecule has 0 aliphatic heterocycles. The van der Waals surface area contributed by atoms with Gasteiger partial charge < -0.3 is 0 Å². The Morgan fingerprint density at radius 2 is 0.608 bits per heavy atom. The van der Waals surface area contributed by atoms with E-state index in [-0.39, 0.29) is 11.7 Å². The van der Waals surface area contributed by atoms with Crippen LogP contribution in [-0.2, 0) is 56.0 Å². The van der Waals surface area contributed by atoms with Gasteiger partial charge in [-0.1, -0.05) is 78.9 Å². The summed E-state index contributed by atoms with van der Waals surface area (Å²) in [5.74, 6) is -0.0399. The number of carbonyl (C=O) groups is 1. The van der Waals surface area contributed by atoms with Crippen LogP contribution in [0.15, 0.2) is 128 Å². The molecule has 0 fully saturated rings. The Balaban J connectivity index is 0.000000500. The Hall–Kier alpha value is -6.41. The third-order valence-electron chi connectivity index (χ3n) is 11.0. The number of ketones is 1. The lowest BCUT2D eigenvalue weighted by molar-refractivity contribution is -0.690. The van der Waals surface area contributed by atoms with Crippen LogP contribution in [0.1, 0.15) is 60.6 Å². The maximum atomic E-state index is 14.2. The number of Topliss-reactive ketones (excluding diaryl/α,β-unsaturated/α-hetero) is 1. The zero-order chi connectivity index (χ0) is 56.0. The Morgan fingerprint density at radius 1 is 0.365 bits per heavy atom. The van der Waals surface area contributed by atoms with Crippen molar-refractivity contribution in [3.05, 3.63) is 183 Å². The molecule has 0 saturated carbocycles. The highest BCUT2D eigenvalue weighted by Crippen LogP contribution is 2.41. The number of pyridine rings is 1. The molecule has 74 heavy (non-hydrogen) atoms. The number of alkyl halides is 25. The van der Waals surface area contributed by atoms with Crippen LogP contribution < -0.4 is 26.4 Å². The normalized spacial score (nSPS) is 13.4. The largest absolute Gasteiger partial charge is 0.416 e. The molecule has 0 aliphatic rings. The minimum atomic E-state index is -6.13. The van der Waals surface area contributed by atoms with Gasteiger partial charge in [-0.05, 0) is 30.3 Å². The molecule has 0 N–H and O–H groups in total. The highest BCUT2D eigenvalue weighted by Gasteiger charge is 2.47. The first-order chi connectivity index (χ1) is 33.6. The van der Waals surface area contributed by atoms with Crippen LogP contribution in [0.2, 0.25) is 0 Å². The van der Waals surface area contributed by atoms with Gasteiger partial charge in [-0.25, -0.2) is 0 Å². The van der Waals surface area contributed by atoms with Crippen LogP contribution >= 0.6 is 11.6 Å². The molecule has 6 rings (SSSR count). The highest BCUT2D eigenvalue weighted by molar-refractivity contribution is 7.20. The predicted molar refractivity (Wildman–Crippen MR) is 217 cm³/mol. The SMILES string of the molecule is FC(F)(F)c1cc([B-](c2cc(C(F)(F)F)cc(C(F)(F)F)c2)(c2cc(C(F)(F)F)cc(C(F)(F)F)c2)c2cc(C(F)(F)F)cc(C(F)(F)F)c2)cc(C(F)(F)F)c1.O=C(CCl)c1cccc[n+]1Cc1ccccc1. The van der Waals surface area contributed by atoms with Crippen molar-refractivity contribution in [1.82, 2.24) is 0 Å². The first kappa shape index (κ1) is 58.5. The van der Waals surface area contributed by atoms with E-state index in [1.165, 1.54) is 0 Å². The minimum absolute atomic E-state index is 0.0127. The van der Waals surface area contributed by atoms with E-state index in [4.69, 9.17) is 11.6 Å². The quantitative estimate of drug-likeness (QED) is 0.0489. The lowest BCUT2D eigenvalue weighted by Gasteiger charge is -2.46. The monoisotopic (exact) mass is 1110 g/mol. The molecule has 2 nitrogen and oxygen atoms in total. The molecule has 28 heteroatoms. The van der Waals surface area contributed by atoms with Gasteiger partial charge in [-0.2, -0.15) is 132 Å². The Morgan fingerprint density at radius 3 is 0.838 bits per heavy atom. The second kappa shape index (κ2) is 20.4. The van der Waals surface area contributed by atoms with Crippen molar-refractivity contribution < 1.29 is 115 Å². The summed E-state index contributed by atoms with van der Waals surface area (Å²) in [6.07, 6.45) is -52.9. The van der Waals surface area contributed by atoms with Gasteiger partial charge in [0.25, 0.3) is 0 Å². The summed E-state index contributed by atoms with van der Waals surface area (Å²) in [6.45, 7) is 0.680. The molecule has 1 heterocycles. The van der Waals surface area contributed by atoms with Gasteiger partial charge in [0.2, 0.25) is 11.5 Å². The average Bonchev–Trinajstić information content (AvgIpc) is 3.27. The lowest BCUT2D eigenvalue weighted by atomic mass is 9.12. The average molecular weight is 1110 g/mol. The maximum Gasteiger partial charge on any atom is 0.416 e. The third kappa shape index (κ3) is 13.5. The fraction of sp³-hybridized carbons (Fsp3) is 0.217. The second-order valence-electron chi connectivity index (χ2n) is 16.0. The number of hydrogen-bond acceptors (Lipinski definition) is 1. The molecule has 6 aromatic rings. The standard InChI is InChI=1S/C32H12BF24.C14H13ClNO/c34-25(35,36)13-1-14(26(37,38)39)6-21(5-13)33(22-7-15(27(40,41)42)2-16(8-22)28(43,44)45,23-9-17(29(46,47)48)3-18(10-23)30(49,50)51)24-11-19(31(52,53)54)4-20(12-24)32(55,56)57;15-10-14(17)13-8-4-5-9-16(13)11-12-6-2-1-3-7-12/h1-12H;1-9H,10-11H2/q-1;+1. The summed E-state index contributed by atoms with van der Waals surface area (Å²) in [7, 11) is 0. The summed E-state index contributed by atoms with van der Waals surface area (Å²) in [6, 6.07) is 6.77. The van der Waals surface area contributed by atoms with Gasteiger partial charge in [0, 0.05) is 17.7 Å². The van der Waals surface area contributed by atoms with Gasteiger partial charge in [0.15, 0.2) is 12.7 Å². The molecule has 5 aromatic carbocycles. The summed E-state index contributed by atoms with van der Waals surface area (Å²) in [5.41, 5.74) is -28.4. The number of rotatable bonds is 8. The summed E-state index contributed by atoms with van der Waals surface area (Å²) >= 11 is 5.60. The van der Waals surface area contributed by atoms with Crippen LogP contribution in [0.25, 0.3) is 0 Å². The minimum Gasteiger partial charge on any atom is -0.286 e. The van der Waals surface area contributed by atoms with Crippen LogP contribution in [-0.4, -0.2) is 17.8 Å². The molecule has 0 radical (unpaired) electrons. The molecule has 0 atom stereocenters. The number of hydrogen-bond donors (Lipinski definition) is 0. The van der Waals surface area contributed by atoms with Crippen molar-refractivity contribution in [1.29, 1.82) is 0 Å². The number of nitrogens with zero attached hydrogens (tertiary/aromatic N) is 1. The molecular weight excluding hydrogens is 1080 g/mol. The van der Waals surface area contributed by atoms with E-state index >= 15 is 0 Å². The smallest absolute Gasteiger partial charge is 0.286 e. The van der Waals surface area contributed by atoms with Crippen LogP contribution in [0.3, 0.4) is 0 Å². The van der Waals surface area contributed by atoms with E-state index in [1.54, 1.807) is 6.07 Å². The predicted octanol–water partition coefficient (Wildman–Crippen LogP) is 13.7. The van der Waals surface area contributed by atoms with Gasteiger partial charge >= 0.3 is 49.4 Å². The Labute approximate surface area is 404 Å². The number of halogens is 25. The summed E-state index contributed by atoms with van der Waals surface area (Å²) in [4.78, 5) is 11.7. The van der Waals surface area contributed by atoms with Crippen molar-refractivity contribution in [2.45, 2.75) is 56.0 Å². The zero-order valence-electron chi connectivity index (χ0n) is 35.9. The molecular formula is C46H25BClF24NO. The first-order valence-corrected chi connectivity index (χ1v) is 20.6. The highest BCUT2D eigenvalue weighted by atomic mass is 35.5. The summed E-state index contributed by atoms with van der Waals surface area (Å²) < 4.78 is 343. The van der Waals surface area contributed by atoms with Gasteiger partial charge in [0.05, 0.1) is 50.4 Å². The van der Waals surface area contributed by atoms with Crippen LogP contribution in [0, 0.1) is 0 Å². The van der Waals surface area contributed by atoms with E-state index in [2.05, 4.69) is 0 Å². The summed E-state index contributed by atoms with van der Waals surface area (Å²) in [5, 5.41) is 0. The maximum absolute atomic E-state index is 14.2. The third-order valence-corrected chi connectivity index (χ3v) is 11.2. The first-order valence-electron chi connectivity index (χ1n) is 20.0. The molecule has 0 bridgehead atoms. The number of aromatic nitrogens is 1. The topological polar surface area (TPSA) is 20.9 Å². The molecule has 0 saturated heterocycles. The Kier molecular flexibility index (Phi) is 16.1. The van der Waals surface area contributed by atoms with E-state index in [1.807, 2.05) is 53.2 Å². The molecule has 1 aromatic heterocycles. The van der Waals surface area contributed by atoms with E-state index < -0.39 is 195 Å². The molecule has 398 valence electrons. The van der Waals surface area contributed by atoms with Crippen LogP contribution in [0.5, 0.6) is 0 Å². The second-order valence-corrected chi connectivity index (χ2v) is 16.2. The van der Waals surface area contributed by atoms with E-state index in [0.717, 1.165) is 5.56 Å². The van der Waals surface area contributed by atoms with Gasteiger partial charge in [0.1, 0.15) is 6.15 Å². The molecule has 0 unspecified atom stereocenters. The molecule has 0 aliphatic carbocycles. The van der Waals surface area contributed by atoms with E-state index in [9.17, 15) is 110 Å². The van der Waals surface area contributed by atoms with E-state index in [0.29, 0.717) is 12.2 Å². The number of carbonyl (C=O) groups excluding carboxylic acids is 1. The van der Waals surface area contributed by atoms with Crippen molar-refractivity contribution >= 4 is 45.4 Å². The molecule has 0 amide bonds. The van der Waals surface area contributed by atoms with Crippen molar-refractivity contribution in [2.24, 2.45) is 0 Å². The van der Waals surface area contributed by atoms with Crippen molar-refractivity contribution in [3.8, 4) is 0 Å². The fourth-order valence-corrected chi connectivity index (χ4v) is 7.92.